The normalized spacial score (nSPS) is 11.5. The van der Waals surface area contributed by atoms with Crippen LogP contribution in [0.25, 0.3) is 5.57 Å². The summed E-state index contributed by atoms with van der Waals surface area (Å²) in [5, 5.41) is 0. The van der Waals surface area contributed by atoms with E-state index < -0.39 is 0 Å². The van der Waals surface area contributed by atoms with E-state index in [2.05, 4.69) is 19.1 Å². The molecule has 2 aromatic rings. The van der Waals surface area contributed by atoms with Crippen molar-refractivity contribution in [2.45, 2.75) is 13.3 Å². The van der Waals surface area contributed by atoms with E-state index in [-0.39, 0.29) is 0 Å². The third-order valence-electron chi connectivity index (χ3n) is 2.55. The fourth-order valence-corrected chi connectivity index (χ4v) is 2.52. The van der Waals surface area contributed by atoms with Gasteiger partial charge in [-0.1, -0.05) is 36.4 Å². The molecule has 0 spiro atoms. The highest BCUT2D eigenvalue weighted by molar-refractivity contribution is 7.11. The number of carbonyl (C=O) groups is 1. The van der Waals surface area contributed by atoms with Gasteiger partial charge < -0.3 is 0 Å². The average Bonchev–Trinajstić information content (AvgIpc) is 2.77. The van der Waals surface area contributed by atoms with Crippen molar-refractivity contribution in [1.82, 2.24) is 0 Å². The molecular weight excluding hydrogens is 228 g/mol. The van der Waals surface area contributed by atoms with Crippen LogP contribution in [0.3, 0.4) is 0 Å². The van der Waals surface area contributed by atoms with Gasteiger partial charge in [0.25, 0.3) is 0 Å². The molecule has 0 radical (unpaired) electrons. The molecule has 0 unspecified atom stereocenters. The van der Waals surface area contributed by atoms with E-state index in [1.165, 1.54) is 9.75 Å². The van der Waals surface area contributed by atoms with Crippen molar-refractivity contribution in [3.05, 3.63) is 63.9 Å². The summed E-state index contributed by atoms with van der Waals surface area (Å²) in [5.74, 6) is 0. The van der Waals surface area contributed by atoms with Gasteiger partial charge in [-0.2, -0.15) is 0 Å². The van der Waals surface area contributed by atoms with Gasteiger partial charge in [0.2, 0.25) is 0 Å². The van der Waals surface area contributed by atoms with Crippen molar-refractivity contribution in [3.63, 3.8) is 0 Å². The third kappa shape index (κ3) is 3.14. The maximum atomic E-state index is 11.1. The summed E-state index contributed by atoms with van der Waals surface area (Å²) in [6, 6.07) is 14.0. The molecule has 0 aliphatic rings. The minimum absolute atomic E-state index is 0.761. The fourth-order valence-electron chi connectivity index (χ4n) is 1.67. The zero-order valence-electron chi connectivity index (χ0n) is 9.72. The molecule has 0 atom stereocenters. The predicted octanol–water partition coefficient (Wildman–Crippen LogP) is 3.88. The lowest BCUT2D eigenvalue weighted by molar-refractivity contribution is -0.103. The Morgan fingerprint density at radius 2 is 1.94 bits per heavy atom. The molecule has 2 rings (SSSR count). The zero-order chi connectivity index (χ0) is 12.1. The van der Waals surface area contributed by atoms with Crippen molar-refractivity contribution < 1.29 is 4.79 Å². The molecule has 0 aliphatic carbocycles. The number of allylic oxidation sites excluding steroid dienone is 2. The molecule has 0 aliphatic heterocycles. The van der Waals surface area contributed by atoms with Crippen molar-refractivity contribution in [2.24, 2.45) is 0 Å². The second kappa shape index (κ2) is 5.60. The first kappa shape index (κ1) is 11.8. The first-order chi connectivity index (χ1) is 8.29. The lowest BCUT2D eigenvalue weighted by Gasteiger charge is -1.99. The topological polar surface area (TPSA) is 17.1 Å². The van der Waals surface area contributed by atoms with Crippen LogP contribution < -0.4 is 0 Å². The van der Waals surface area contributed by atoms with Crippen molar-refractivity contribution in [2.75, 3.05) is 0 Å². The number of aryl methyl sites for hydroxylation is 1. The van der Waals surface area contributed by atoms with Crippen LogP contribution in [0, 0.1) is 6.92 Å². The van der Waals surface area contributed by atoms with Gasteiger partial charge >= 0.3 is 0 Å². The van der Waals surface area contributed by atoms with Gasteiger partial charge in [0.15, 0.2) is 0 Å². The molecule has 17 heavy (non-hydrogen) atoms. The maximum absolute atomic E-state index is 11.1. The SMILES string of the molecule is Cc1ccc(CC=C(C=O)c2ccccc2)s1. The Hall–Kier alpha value is -1.67. The molecule has 0 amide bonds. The first-order valence-electron chi connectivity index (χ1n) is 5.55. The van der Waals surface area contributed by atoms with Gasteiger partial charge in [0.1, 0.15) is 6.29 Å². The fraction of sp³-hybridized carbons (Fsp3) is 0.133. The molecular formula is C15H14OS. The molecule has 0 fully saturated rings. The van der Waals surface area contributed by atoms with Crippen LogP contribution in [0.2, 0.25) is 0 Å². The summed E-state index contributed by atoms with van der Waals surface area (Å²) in [4.78, 5) is 13.7. The van der Waals surface area contributed by atoms with E-state index in [1.54, 1.807) is 11.3 Å². The van der Waals surface area contributed by atoms with Gasteiger partial charge in [-0.3, -0.25) is 4.79 Å². The number of carbonyl (C=O) groups excluding carboxylic acids is 1. The molecule has 0 N–H and O–H groups in total. The Morgan fingerprint density at radius 3 is 2.53 bits per heavy atom. The Labute approximate surface area is 105 Å². The van der Waals surface area contributed by atoms with Gasteiger partial charge in [-0.15, -0.1) is 11.3 Å². The molecule has 0 saturated carbocycles. The van der Waals surface area contributed by atoms with Crippen molar-refractivity contribution >= 4 is 23.2 Å². The van der Waals surface area contributed by atoms with Crippen LogP contribution in [-0.2, 0) is 11.2 Å². The van der Waals surface area contributed by atoms with E-state index in [0.717, 1.165) is 23.8 Å². The second-order valence-electron chi connectivity index (χ2n) is 3.86. The van der Waals surface area contributed by atoms with E-state index in [0.29, 0.717) is 0 Å². The van der Waals surface area contributed by atoms with Crippen LogP contribution in [0.15, 0.2) is 48.5 Å². The number of benzene rings is 1. The summed E-state index contributed by atoms with van der Waals surface area (Å²) in [6.45, 7) is 2.09. The summed E-state index contributed by atoms with van der Waals surface area (Å²) in [7, 11) is 0. The number of hydrogen-bond donors (Lipinski definition) is 0. The maximum Gasteiger partial charge on any atom is 0.150 e. The van der Waals surface area contributed by atoms with E-state index >= 15 is 0 Å². The number of rotatable bonds is 4. The average molecular weight is 242 g/mol. The van der Waals surface area contributed by atoms with E-state index in [1.807, 2.05) is 36.4 Å². The Kier molecular flexibility index (Phi) is 3.89. The smallest absolute Gasteiger partial charge is 0.150 e. The summed E-state index contributed by atoms with van der Waals surface area (Å²) >= 11 is 1.77. The lowest BCUT2D eigenvalue weighted by Crippen LogP contribution is -1.86. The first-order valence-corrected chi connectivity index (χ1v) is 6.37. The summed E-state index contributed by atoms with van der Waals surface area (Å²) < 4.78 is 0. The molecule has 1 aromatic carbocycles. The minimum Gasteiger partial charge on any atom is -0.298 e. The number of thiophene rings is 1. The van der Waals surface area contributed by atoms with Crippen molar-refractivity contribution in [3.8, 4) is 0 Å². The summed E-state index contributed by atoms with van der Waals surface area (Å²) in [6.07, 6.45) is 3.74. The van der Waals surface area contributed by atoms with Crippen LogP contribution in [0.4, 0.5) is 0 Å². The molecule has 0 saturated heterocycles. The molecule has 1 heterocycles. The number of aldehydes is 1. The molecule has 0 bridgehead atoms. The lowest BCUT2D eigenvalue weighted by atomic mass is 10.1. The Balaban J connectivity index is 2.16. The van der Waals surface area contributed by atoms with Gasteiger partial charge in [0, 0.05) is 21.7 Å². The minimum atomic E-state index is 0.761. The highest BCUT2D eigenvalue weighted by atomic mass is 32.1. The van der Waals surface area contributed by atoms with Crippen LogP contribution in [0.5, 0.6) is 0 Å². The summed E-state index contributed by atoms with van der Waals surface area (Å²) in [5.41, 5.74) is 1.74. The second-order valence-corrected chi connectivity index (χ2v) is 5.23. The monoisotopic (exact) mass is 242 g/mol. The highest BCUT2D eigenvalue weighted by Crippen LogP contribution is 2.18. The Bertz CT molecular complexity index is 523. The van der Waals surface area contributed by atoms with Crippen LogP contribution in [-0.4, -0.2) is 6.29 Å². The van der Waals surface area contributed by atoms with Gasteiger partial charge in [0.05, 0.1) is 0 Å². The molecule has 86 valence electrons. The largest absolute Gasteiger partial charge is 0.298 e. The molecule has 1 nitrogen and oxygen atoms in total. The third-order valence-corrected chi connectivity index (χ3v) is 3.58. The van der Waals surface area contributed by atoms with E-state index in [4.69, 9.17) is 0 Å². The van der Waals surface area contributed by atoms with Crippen LogP contribution >= 0.6 is 11.3 Å². The Morgan fingerprint density at radius 1 is 1.18 bits per heavy atom. The van der Waals surface area contributed by atoms with Gasteiger partial charge in [-0.25, -0.2) is 0 Å². The quantitative estimate of drug-likeness (QED) is 0.587. The standard InChI is InChI=1S/C15H14OS/c1-12-7-9-15(17-12)10-8-14(11-16)13-5-3-2-4-6-13/h2-9,11H,10H2,1H3. The predicted molar refractivity (Wildman–Crippen MR) is 73.2 cm³/mol. The van der Waals surface area contributed by atoms with Gasteiger partial charge in [-0.05, 0) is 24.6 Å². The molecule has 2 heteroatoms. The zero-order valence-corrected chi connectivity index (χ0v) is 10.5. The van der Waals surface area contributed by atoms with Crippen LogP contribution in [0.1, 0.15) is 15.3 Å². The van der Waals surface area contributed by atoms with Crippen molar-refractivity contribution in [1.29, 1.82) is 0 Å². The number of hydrogen-bond acceptors (Lipinski definition) is 2. The van der Waals surface area contributed by atoms with E-state index in [9.17, 15) is 4.79 Å². The molecule has 1 aromatic heterocycles. The highest BCUT2D eigenvalue weighted by Gasteiger charge is 2.00.